The van der Waals surface area contributed by atoms with Crippen LogP contribution in [0.2, 0.25) is 0 Å². The van der Waals surface area contributed by atoms with Crippen molar-refractivity contribution in [1.82, 2.24) is 10.6 Å². The molecule has 3 rings (SSSR count). The second kappa shape index (κ2) is 11.9. The number of carbonyl (C=O) groups is 1. The number of methoxy groups -OCH3 is 1. The molecule has 9 heteroatoms. The summed E-state index contributed by atoms with van der Waals surface area (Å²) in [5, 5.41) is 6.48. The fourth-order valence-corrected chi connectivity index (χ4v) is 3.22. The van der Waals surface area contributed by atoms with E-state index in [0.29, 0.717) is 42.7 Å². The van der Waals surface area contributed by atoms with Gasteiger partial charge in [0.05, 0.1) is 26.9 Å². The monoisotopic (exact) mass is 543 g/mol. The molecule has 1 saturated heterocycles. The summed E-state index contributed by atoms with van der Waals surface area (Å²) in [6.45, 7) is 6.08. The minimum Gasteiger partial charge on any atom is -0.488 e. The van der Waals surface area contributed by atoms with Gasteiger partial charge in [-0.1, -0.05) is 12.1 Å². The van der Waals surface area contributed by atoms with E-state index in [0.717, 1.165) is 29.9 Å². The van der Waals surface area contributed by atoms with E-state index in [-0.39, 0.29) is 30.1 Å². The van der Waals surface area contributed by atoms with E-state index in [2.05, 4.69) is 27.8 Å². The summed E-state index contributed by atoms with van der Waals surface area (Å²) >= 11 is 0. The van der Waals surface area contributed by atoms with Gasteiger partial charge < -0.3 is 29.3 Å². The van der Waals surface area contributed by atoms with Gasteiger partial charge in [-0.15, -0.1) is 24.0 Å². The Labute approximate surface area is 199 Å². The summed E-state index contributed by atoms with van der Waals surface area (Å²) in [5.74, 6) is 2.21. The van der Waals surface area contributed by atoms with Gasteiger partial charge in [-0.05, 0) is 31.5 Å². The fourth-order valence-electron chi connectivity index (χ4n) is 3.22. The van der Waals surface area contributed by atoms with Gasteiger partial charge in [0.25, 0.3) is 0 Å². The van der Waals surface area contributed by atoms with E-state index in [1.165, 1.54) is 7.11 Å². The molecule has 0 radical (unpaired) electrons. The highest BCUT2D eigenvalue weighted by atomic mass is 127. The molecule has 0 amide bonds. The zero-order valence-corrected chi connectivity index (χ0v) is 20.6. The van der Waals surface area contributed by atoms with Crippen LogP contribution in [0.15, 0.2) is 33.7 Å². The van der Waals surface area contributed by atoms with Gasteiger partial charge in [0, 0.05) is 25.6 Å². The van der Waals surface area contributed by atoms with E-state index < -0.39 is 5.97 Å². The molecule has 2 heterocycles. The lowest BCUT2D eigenvalue weighted by atomic mass is 10.1. The SMILES string of the molecule is CN=C(NCc1cc(C(=O)OC)c(C)o1)NCc1ccc(C)cc1OC1CCOC1.I. The highest BCUT2D eigenvalue weighted by Crippen LogP contribution is 2.24. The molecule has 1 aliphatic rings. The Kier molecular flexibility index (Phi) is 9.63. The van der Waals surface area contributed by atoms with Crippen LogP contribution < -0.4 is 15.4 Å². The van der Waals surface area contributed by atoms with E-state index in [1.807, 2.05) is 13.0 Å². The Morgan fingerprint density at radius 3 is 2.68 bits per heavy atom. The molecule has 31 heavy (non-hydrogen) atoms. The molecule has 0 spiro atoms. The van der Waals surface area contributed by atoms with Crippen LogP contribution in [0.4, 0.5) is 0 Å². The average Bonchev–Trinajstić information content (AvgIpc) is 3.38. The van der Waals surface area contributed by atoms with Gasteiger partial charge in [0.15, 0.2) is 5.96 Å². The van der Waals surface area contributed by atoms with Crippen molar-refractivity contribution in [1.29, 1.82) is 0 Å². The lowest BCUT2D eigenvalue weighted by molar-refractivity contribution is 0.0599. The fraction of sp³-hybridized carbons (Fsp3) is 0.455. The van der Waals surface area contributed by atoms with Crippen molar-refractivity contribution < 1.29 is 23.4 Å². The Balaban J connectivity index is 0.00000341. The number of hydrogen-bond acceptors (Lipinski definition) is 6. The van der Waals surface area contributed by atoms with Crippen molar-refractivity contribution in [2.24, 2.45) is 4.99 Å². The van der Waals surface area contributed by atoms with Crippen molar-refractivity contribution >= 4 is 35.9 Å². The summed E-state index contributed by atoms with van der Waals surface area (Å²) in [7, 11) is 3.05. The molecule has 1 unspecified atom stereocenters. The predicted molar refractivity (Wildman–Crippen MR) is 128 cm³/mol. The quantitative estimate of drug-likeness (QED) is 0.240. The molecule has 2 aromatic rings. The molecule has 1 aliphatic heterocycles. The molecule has 2 N–H and O–H groups in total. The zero-order chi connectivity index (χ0) is 21.5. The van der Waals surface area contributed by atoms with Crippen molar-refractivity contribution in [3.8, 4) is 5.75 Å². The zero-order valence-electron chi connectivity index (χ0n) is 18.3. The predicted octanol–water partition coefficient (Wildman–Crippen LogP) is 3.33. The molecule has 0 aliphatic carbocycles. The van der Waals surface area contributed by atoms with E-state index in [4.69, 9.17) is 18.6 Å². The van der Waals surface area contributed by atoms with Gasteiger partial charge in [0.1, 0.15) is 28.9 Å². The molecule has 1 fully saturated rings. The first-order chi connectivity index (χ1) is 14.5. The van der Waals surface area contributed by atoms with Crippen LogP contribution in [0.25, 0.3) is 0 Å². The second-order valence-corrected chi connectivity index (χ2v) is 7.17. The molecule has 8 nitrogen and oxygen atoms in total. The molecule has 1 aromatic carbocycles. The minimum atomic E-state index is -0.412. The lowest BCUT2D eigenvalue weighted by Gasteiger charge is -2.18. The normalized spacial score (nSPS) is 15.9. The first-order valence-electron chi connectivity index (χ1n) is 9.96. The summed E-state index contributed by atoms with van der Waals surface area (Å²) in [6.07, 6.45) is 0.995. The number of furan rings is 1. The Morgan fingerprint density at radius 1 is 1.23 bits per heavy atom. The van der Waals surface area contributed by atoms with Crippen molar-refractivity contribution in [3.63, 3.8) is 0 Å². The maximum absolute atomic E-state index is 11.7. The number of carbonyl (C=O) groups excluding carboxylic acids is 1. The third-order valence-electron chi connectivity index (χ3n) is 4.88. The number of halogens is 1. The Morgan fingerprint density at radius 2 is 2.00 bits per heavy atom. The topological polar surface area (TPSA) is 94.3 Å². The minimum absolute atomic E-state index is 0. The van der Waals surface area contributed by atoms with Crippen LogP contribution in [0.5, 0.6) is 5.75 Å². The van der Waals surface area contributed by atoms with Crippen LogP contribution in [0.3, 0.4) is 0 Å². The van der Waals surface area contributed by atoms with Crippen molar-refractivity contribution in [2.75, 3.05) is 27.4 Å². The van der Waals surface area contributed by atoms with E-state index >= 15 is 0 Å². The molecule has 170 valence electrons. The average molecular weight is 543 g/mol. The molecular formula is C22H30IN3O5. The van der Waals surface area contributed by atoms with E-state index in [9.17, 15) is 4.79 Å². The number of aliphatic imine (C=N–C) groups is 1. The third-order valence-corrected chi connectivity index (χ3v) is 4.88. The molecule has 1 aromatic heterocycles. The van der Waals surface area contributed by atoms with Crippen LogP contribution in [-0.2, 0) is 22.6 Å². The summed E-state index contributed by atoms with van der Waals surface area (Å²) in [6, 6.07) is 7.84. The van der Waals surface area contributed by atoms with Gasteiger partial charge in [-0.25, -0.2) is 4.79 Å². The molecule has 0 bridgehead atoms. The number of rotatable bonds is 7. The van der Waals surface area contributed by atoms with Gasteiger partial charge in [-0.3, -0.25) is 4.99 Å². The van der Waals surface area contributed by atoms with Crippen LogP contribution in [0, 0.1) is 13.8 Å². The van der Waals surface area contributed by atoms with Gasteiger partial charge in [0.2, 0.25) is 0 Å². The van der Waals surface area contributed by atoms with Crippen LogP contribution in [-0.4, -0.2) is 45.4 Å². The Hall–Kier alpha value is -2.27. The maximum Gasteiger partial charge on any atom is 0.341 e. The smallest absolute Gasteiger partial charge is 0.341 e. The Bertz CT molecular complexity index is 907. The number of hydrogen-bond donors (Lipinski definition) is 2. The summed E-state index contributed by atoms with van der Waals surface area (Å²) in [5.41, 5.74) is 2.61. The molecule has 0 saturated carbocycles. The standard InChI is InChI=1S/C22H29N3O5.HI/c1-14-5-6-16(20(9-14)30-17-7-8-28-13-17)11-24-22(23-3)25-12-18-10-19(15(2)29-18)21(26)27-4;/h5-6,9-10,17H,7-8,11-13H2,1-4H3,(H2,23,24,25);1H. The lowest BCUT2D eigenvalue weighted by Crippen LogP contribution is -2.36. The molecular weight excluding hydrogens is 513 g/mol. The number of esters is 1. The number of benzene rings is 1. The maximum atomic E-state index is 11.7. The van der Waals surface area contributed by atoms with Gasteiger partial charge >= 0.3 is 5.97 Å². The summed E-state index contributed by atoms with van der Waals surface area (Å²) < 4.78 is 21.9. The number of ether oxygens (including phenoxy) is 3. The van der Waals surface area contributed by atoms with Crippen molar-refractivity contribution in [2.45, 2.75) is 39.5 Å². The third kappa shape index (κ3) is 6.86. The number of aryl methyl sites for hydroxylation is 2. The number of nitrogens with one attached hydrogen (secondary N) is 2. The highest BCUT2D eigenvalue weighted by Gasteiger charge is 2.19. The number of guanidine groups is 1. The number of nitrogens with zero attached hydrogens (tertiary/aromatic N) is 1. The van der Waals surface area contributed by atoms with E-state index in [1.54, 1.807) is 20.0 Å². The first-order valence-corrected chi connectivity index (χ1v) is 9.96. The van der Waals surface area contributed by atoms with Crippen molar-refractivity contribution in [3.05, 3.63) is 52.5 Å². The summed E-state index contributed by atoms with van der Waals surface area (Å²) in [4.78, 5) is 16.0. The second-order valence-electron chi connectivity index (χ2n) is 7.17. The van der Waals surface area contributed by atoms with Crippen LogP contribution in [0.1, 0.15) is 39.4 Å². The largest absolute Gasteiger partial charge is 0.488 e. The highest BCUT2D eigenvalue weighted by molar-refractivity contribution is 14.0. The first kappa shape index (κ1) is 25.0. The van der Waals surface area contributed by atoms with Gasteiger partial charge in [-0.2, -0.15) is 0 Å². The van der Waals surface area contributed by atoms with Crippen LogP contribution >= 0.6 is 24.0 Å². The molecule has 1 atom stereocenters.